The maximum atomic E-state index is 11.2. The summed E-state index contributed by atoms with van der Waals surface area (Å²) in [5.74, 6) is -0.617. The quantitative estimate of drug-likeness (QED) is 0.721. The van der Waals surface area contributed by atoms with Crippen molar-refractivity contribution in [1.82, 2.24) is 0 Å². The van der Waals surface area contributed by atoms with Gasteiger partial charge in [-0.25, -0.2) is 0 Å². The van der Waals surface area contributed by atoms with Crippen molar-refractivity contribution in [3.63, 3.8) is 0 Å². The molecular formula is C15H22O3. The van der Waals surface area contributed by atoms with Crippen molar-refractivity contribution in [2.45, 2.75) is 26.7 Å². The highest BCUT2D eigenvalue weighted by molar-refractivity contribution is 5.70. The molecule has 1 unspecified atom stereocenters. The Kier molecular flexibility index (Phi) is 6.44. The molecule has 1 atom stereocenters. The minimum atomic E-state index is -0.744. The van der Waals surface area contributed by atoms with Gasteiger partial charge in [0, 0.05) is 13.2 Å². The number of rotatable bonds is 8. The number of carbonyl (C=O) groups is 1. The summed E-state index contributed by atoms with van der Waals surface area (Å²) >= 11 is 0. The number of hydrogen-bond acceptors (Lipinski definition) is 2. The topological polar surface area (TPSA) is 46.5 Å². The average Bonchev–Trinajstić information content (AvgIpc) is 2.33. The van der Waals surface area contributed by atoms with Gasteiger partial charge in [-0.05, 0) is 24.3 Å². The van der Waals surface area contributed by atoms with E-state index in [2.05, 4.69) is 13.8 Å². The fourth-order valence-corrected chi connectivity index (χ4v) is 1.76. The van der Waals surface area contributed by atoms with Gasteiger partial charge in [0.15, 0.2) is 0 Å². The van der Waals surface area contributed by atoms with Crippen molar-refractivity contribution in [3.8, 4) is 0 Å². The molecule has 0 radical (unpaired) electrons. The minimum absolute atomic E-state index is 0.362. The number of carboxylic acids is 1. The third-order valence-electron chi connectivity index (χ3n) is 2.74. The highest BCUT2D eigenvalue weighted by atomic mass is 16.5. The van der Waals surface area contributed by atoms with Gasteiger partial charge in [0.1, 0.15) is 0 Å². The Labute approximate surface area is 109 Å². The second-order valence-corrected chi connectivity index (χ2v) is 4.98. The maximum absolute atomic E-state index is 11.2. The summed E-state index contributed by atoms with van der Waals surface area (Å²) in [5, 5.41) is 9.19. The van der Waals surface area contributed by atoms with Crippen LogP contribution in [0.2, 0.25) is 0 Å². The number of aliphatic carboxylic acids is 1. The van der Waals surface area contributed by atoms with Crippen LogP contribution in [-0.2, 0) is 16.0 Å². The lowest BCUT2D eigenvalue weighted by Gasteiger charge is -2.13. The van der Waals surface area contributed by atoms with Crippen molar-refractivity contribution in [3.05, 3.63) is 35.9 Å². The first-order valence-corrected chi connectivity index (χ1v) is 6.44. The molecule has 0 saturated carbocycles. The first kappa shape index (κ1) is 14.7. The van der Waals surface area contributed by atoms with Crippen LogP contribution in [0.25, 0.3) is 0 Å². The lowest BCUT2D eigenvalue weighted by molar-refractivity contribution is -0.142. The predicted molar refractivity (Wildman–Crippen MR) is 71.5 cm³/mol. The van der Waals surface area contributed by atoms with Crippen molar-refractivity contribution < 1.29 is 14.6 Å². The molecule has 1 aromatic carbocycles. The van der Waals surface area contributed by atoms with Crippen molar-refractivity contribution >= 4 is 5.97 Å². The van der Waals surface area contributed by atoms with Gasteiger partial charge < -0.3 is 9.84 Å². The monoisotopic (exact) mass is 250 g/mol. The van der Waals surface area contributed by atoms with E-state index in [0.717, 1.165) is 5.56 Å². The Hall–Kier alpha value is -1.35. The van der Waals surface area contributed by atoms with Gasteiger partial charge >= 0.3 is 5.97 Å². The lowest BCUT2D eigenvalue weighted by Crippen LogP contribution is -2.19. The Morgan fingerprint density at radius 1 is 1.28 bits per heavy atom. The van der Waals surface area contributed by atoms with Crippen molar-refractivity contribution in [1.29, 1.82) is 0 Å². The number of hydrogen-bond donors (Lipinski definition) is 1. The predicted octanol–water partition coefficient (Wildman–Crippen LogP) is 2.99. The minimum Gasteiger partial charge on any atom is -0.481 e. The van der Waals surface area contributed by atoms with E-state index in [1.165, 1.54) is 0 Å². The molecule has 1 rings (SSSR count). The van der Waals surface area contributed by atoms with Crippen LogP contribution in [0.5, 0.6) is 0 Å². The van der Waals surface area contributed by atoms with Gasteiger partial charge in [-0.2, -0.15) is 0 Å². The van der Waals surface area contributed by atoms with E-state index in [1.807, 2.05) is 30.3 Å². The van der Waals surface area contributed by atoms with Crippen LogP contribution in [0, 0.1) is 11.8 Å². The average molecular weight is 250 g/mol. The van der Waals surface area contributed by atoms with Gasteiger partial charge in [-0.3, -0.25) is 4.79 Å². The van der Waals surface area contributed by atoms with Crippen molar-refractivity contribution in [2.24, 2.45) is 11.8 Å². The summed E-state index contributed by atoms with van der Waals surface area (Å²) in [6.07, 6.45) is 1.14. The van der Waals surface area contributed by atoms with Crippen LogP contribution in [0.3, 0.4) is 0 Å². The van der Waals surface area contributed by atoms with Crippen LogP contribution in [0.1, 0.15) is 25.8 Å². The molecule has 0 aromatic heterocycles. The highest BCUT2D eigenvalue weighted by Gasteiger charge is 2.17. The Morgan fingerprint density at radius 2 is 1.94 bits per heavy atom. The molecular weight excluding hydrogens is 228 g/mol. The number of carboxylic acid groups (broad SMARTS) is 1. The van der Waals surface area contributed by atoms with E-state index < -0.39 is 5.97 Å². The Bertz CT molecular complexity index is 346. The molecule has 1 aromatic rings. The lowest BCUT2D eigenvalue weighted by atomic mass is 9.97. The van der Waals surface area contributed by atoms with E-state index in [1.54, 1.807) is 0 Å². The fraction of sp³-hybridized carbons (Fsp3) is 0.533. The first-order valence-electron chi connectivity index (χ1n) is 6.44. The Balaban J connectivity index is 2.39. The van der Waals surface area contributed by atoms with Crippen LogP contribution in [0.4, 0.5) is 0 Å². The van der Waals surface area contributed by atoms with Crippen molar-refractivity contribution in [2.75, 3.05) is 13.2 Å². The largest absolute Gasteiger partial charge is 0.481 e. The molecule has 0 aliphatic heterocycles. The van der Waals surface area contributed by atoms with Gasteiger partial charge in [-0.15, -0.1) is 0 Å². The highest BCUT2D eigenvalue weighted by Crippen LogP contribution is 2.13. The van der Waals surface area contributed by atoms with Gasteiger partial charge in [0.2, 0.25) is 0 Å². The molecule has 3 heteroatoms. The van der Waals surface area contributed by atoms with Crippen LogP contribution in [0.15, 0.2) is 30.3 Å². The molecule has 18 heavy (non-hydrogen) atoms. The normalized spacial score (nSPS) is 12.6. The number of benzene rings is 1. The summed E-state index contributed by atoms with van der Waals surface area (Å²) < 4.78 is 5.45. The standard InChI is InChI=1S/C15H22O3/c1-12(2)11-18-9-8-14(15(16)17)10-13-6-4-3-5-7-13/h3-7,12,14H,8-11H2,1-2H3,(H,16,17). The molecule has 3 nitrogen and oxygen atoms in total. The summed E-state index contributed by atoms with van der Waals surface area (Å²) in [5.41, 5.74) is 1.06. The van der Waals surface area contributed by atoms with E-state index >= 15 is 0 Å². The third-order valence-corrected chi connectivity index (χ3v) is 2.74. The summed E-state index contributed by atoms with van der Waals surface area (Å²) in [4.78, 5) is 11.2. The van der Waals surface area contributed by atoms with Gasteiger partial charge in [0.05, 0.1) is 5.92 Å². The molecule has 100 valence electrons. The summed E-state index contributed by atoms with van der Waals surface area (Å²) in [6, 6.07) is 9.73. The smallest absolute Gasteiger partial charge is 0.306 e. The third kappa shape index (κ3) is 5.82. The van der Waals surface area contributed by atoms with Crippen LogP contribution < -0.4 is 0 Å². The van der Waals surface area contributed by atoms with Gasteiger partial charge in [0.25, 0.3) is 0 Å². The zero-order chi connectivity index (χ0) is 13.4. The van der Waals surface area contributed by atoms with E-state index in [4.69, 9.17) is 4.74 Å². The summed E-state index contributed by atoms with van der Waals surface area (Å²) in [7, 11) is 0. The molecule has 0 spiro atoms. The Morgan fingerprint density at radius 3 is 2.50 bits per heavy atom. The van der Waals surface area contributed by atoms with Crippen LogP contribution >= 0.6 is 0 Å². The van der Waals surface area contributed by atoms with Crippen LogP contribution in [-0.4, -0.2) is 24.3 Å². The number of ether oxygens (including phenoxy) is 1. The van der Waals surface area contributed by atoms with E-state index in [0.29, 0.717) is 32.0 Å². The molecule has 0 aliphatic rings. The SMILES string of the molecule is CC(C)COCCC(Cc1ccccc1)C(=O)O. The second kappa shape index (κ2) is 7.88. The zero-order valence-electron chi connectivity index (χ0n) is 11.1. The molecule has 0 bridgehead atoms. The summed E-state index contributed by atoms with van der Waals surface area (Å²) in [6.45, 7) is 5.37. The maximum Gasteiger partial charge on any atom is 0.306 e. The molecule has 0 saturated heterocycles. The zero-order valence-corrected chi connectivity index (χ0v) is 11.1. The fourth-order valence-electron chi connectivity index (χ4n) is 1.76. The van der Waals surface area contributed by atoms with E-state index in [9.17, 15) is 9.90 Å². The molecule has 1 N–H and O–H groups in total. The molecule has 0 amide bonds. The molecule has 0 aliphatic carbocycles. The van der Waals surface area contributed by atoms with Gasteiger partial charge in [-0.1, -0.05) is 44.2 Å². The first-order chi connectivity index (χ1) is 8.59. The van der Waals surface area contributed by atoms with E-state index in [-0.39, 0.29) is 5.92 Å². The molecule has 0 fully saturated rings. The molecule has 0 heterocycles. The second-order valence-electron chi connectivity index (χ2n) is 4.98.